The van der Waals surface area contributed by atoms with Gasteiger partial charge < -0.3 is 5.11 Å². The normalized spacial score (nSPS) is 29.2. The van der Waals surface area contributed by atoms with Crippen LogP contribution in [-0.2, 0) is 5.60 Å². The average Bonchev–Trinajstić information content (AvgIpc) is 2.16. The summed E-state index contributed by atoms with van der Waals surface area (Å²) in [6.07, 6.45) is 1.56. The minimum Gasteiger partial charge on any atom is -0.385 e. The molecule has 3 heteroatoms. The first-order valence-electron chi connectivity index (χ1n) is 5.60. The van der Waals surface area contributed by atoms with Gasteiger partial charge in [0.25, 0.3) is 0 Å². The second kappa shape index (κ2) is 4.21. The van der Waals surface area contributed by atoms with E-state index in [9.17, 15) is 5.11 Å². The van der Waals surface area contributed by atoms with Crippen LogP contribution in [0.1, 0.15) is 32.3 Å². The molecule has 1 aliphatic rings. The first kappa shape index (κ1) is 12.2. The van der Waals surface area contributed by atoms with Crippen LogP contribution in [-0.4, -0.2) is 5.11 Å². The number of hydrogen-bond donors (Lipinski definition) is 1. The molecule has 1 aromatic rings. The van der Waals surface area contributed by atoms with Crippen molar-refractivity contribution in [3.8, 4) is 0 Å². The number of rotatable bonds is 2. The van der Waals surface area contributed by atoms with Gasteiger partial charge in [0, 0.05) is 15.6 Å². The highest BCUT2D eigenvalue weighted by molar-refractivity contribution is 6.33. The van der Waals surface area contributed by atoms with Gasteiger partial charge in [-0.3, -0.25) is 0 Å². The van der Waals surface area contributed by atoms with E-state index in [0.29, 0.717) is 21.9 Å². The van der Waals surface area contributed by atoms with Crippen molar-refractivity contribution in [2.24, 2.45) is 11.8 Å². The maximum absolute atomic E-state index is 10.5. The van der Waals surface area contributed by atoms with Crippen LogP contribution in [0.3, 0.4) is 0 Å². The lowest BCUT2D eigenvalue weighted by atomic mass is 9.63. The highest BCUT2D eigenvalue weighted by Crippen LogP contribution is 2.50. The summed E-state index contributed by atoms with van der Waals surface area (Å²) in [5, 5.41) is 11.7. The molecule has 2 rings (SSSR count). The van der Waals surface area contributed by atoms with E-state index in [-0.39, 0.29) is 0 Å². The molecule has 88 valence electrons. The van der Waals surface area contributed by atoms with Gasteiger partial charge >= 0.3 is 0 Å². The summed E-state index contributed by atoms with van der Waals surface area (Å²) in [6.45, 7) is 4.37. The fourth-order valence-corrected chi connectivity index (χ4v) is 2.82. The van der Waals surface area contributed by atoms with Crippen molar-refractivity contribution in [1.29, 1.82) is 0 Å². The molecule has 0 heterocycles. The van der Waals surface area contributed by atoms with Gasteiger partial charge in [-0.2, -0.15) is 0 Å². The molecule has 16 heavy (non-hydrogen) atoms. The Labute approximate surface area is 106 Å². The third-order valence-electron chi connectivity index (χ3n) is 3.57. The quantitative estimate of drug-likeness (QED) is 0.841. The molecule has 1 aliphatic carbocycles. The maximum atomic E-state index is 10.5. The Hall–Kier alpha value is -0.240. The highest BCUT2D eigenvalue weighted by atomic mass is 35.5. The number of benzene rings is 1. The molecule has 1 aromatic carbocycles. The van der Waals surface area contributed by atoms with E-state index in [1.807, 2.05) is 0 Å². The third-order valence-corrected chi connectivity index (χ3v) is 4.14. The van der Waals surface area contributed by atoms with E-state index in [1.165, 1.54) is 0 Å². The molecule has 0 bridgehead atoms. The first-order valence-corrected chi connectivity index (χ1v) is 6.36. The number of halogens is 2. The summed E-state index contributed by atoms with van der Waals surface area (Å²) >= 11 is 12.0. The van der Waals surface area contributed by atoms with Gasteiger partial charge in [-0.05, 0) is 42.9 Å². The predicted octanol–water partition coefficient (Wildman–Crippen LogP) is 4.25. The second-order valence-electron chi connectivity index (χ2n) is 5.07. The van der Waals surface area contributed by atoms with Gasteiger partial charge in [0.05, 0.1) is 5.60 Å². The van der Waals surface area contributed by atoms with Crippen LogP contribution in [0, 0.1) is 11.8 Å². The largest absolute Gasteiger partial charge is 0.385 e. The number of aliphatic hydroxyl groups is 1. The summed E-state index contributed by atoms with van der Waals surface area (Å²) in [6, 6.07) is 5.27. The Morgan fingerprint density at radius 3 is 2.50 bits per heavy atom. The second-order valence-corrected chi connectivity index (χ2v) is 5.91. The Bertz CT molecular complexity index is 395. The zero-order chi connectivity index (χ0) is 11.9. The van der Waals surface area contributed by atoms with E-state index >= 15 is 0 Å². The van der Waals surface area contributed by atoms with Gasteiger partial charge in [0.2, 0.25) is 0 Å². The topological polar surface area (TPSA) is 20.2 Å². The molecule has 0 atom stereocenters. The van der Waals surface area contributed by atoms with Gasteiger partial charge in [-0.25, -0.2) is 0 Å². The van der Waals surface area contributed by atoms with Crippen LogP contribution >= 0.6 is 23.2 Å². The summed E-state index contributed by atoms with van der Waals surface area (Å²) in [7, 11) is 0. The zero-order valence-corrected chi connectivity index (χ0v) is 11.0. The molecule has 0 aliphatic heterocycles. The van der Waals surface area contributed by atoms with Crippen molar-refractivity contribution in [2.75, 3.05) is 0 Å². The maximum Gasteiger partial charge on any atom is 0.0916 e. The summed E-state index contributed by atoms with van der Waals surface area (Å²) in [4.78, 5) is 0. The molecule has 0 spiro atoms. The molecule has 0 saturated heterocycles. The molecule has 0 unspecified atom stereocenters. The van der Waals surface area contributed by atoms with E-state index in [4.69, 9.17) is 23.2 Å². The van der Waals surface area contributed by atoms with Crippen LogP contribution in [0.4, 0.5) is 0 Å². The van der Waals surface area contributed by atoms with Crippen molar-refractivity contribution in [3.63, 3.8) is 0 Å². The molecular weight excluding hydrogens is 243 g/mol. The van der Waals surface area contributed by atoms with Gasteiger partial charge in [0.15, 0.2) is 0 Å². The molecule has 0 radical (unpaired) electrons. The molecule has 0 amide bonds. The molecular formula is C13H16Cl2O. The Kier molecular flexibility index (Phi) is 3.22. The van der Waals surface area contributed by atoms with E-state index < -0.39 is 5.60 Å². The highest BCUT2D eigenvalue weighted by Gasteiger charge is 2.45. The first-order chi connectivity index (χ1) is 7.42. The van der Waals surface area contributed by atoms with Crippen molar-refractivity contribution < 1.29 is 5.11 Å². The van der Waals surface area contributed by atoms with Crippen molar-refractivity contribution in [2.45, 2.75) is 32.3 Å². The minimum atomic E-state index is -0.767. The molecule has 1 fully saturated rings. The standard InChI is InChI=1S/C13H16Cl2O/c1-8(2)9-6-13(16,7-9)11-5-10(14)3-4-12(11)15/h3-5,8-9,16H,6-7H2,1-2H3. The van der Waals surface area contributed by atoms with Gasteiger partial charge in [-0.15, -0.1) is 0 Å². The fourth-order valence-electron chi connectivity index (χ4n) is 2.35. The summed E-state index contributed by atoms with van der Waals surface area (Å²) < 4.78 is 0. The Morgan fingerprint density at radius 2 is 1.94 bits per heavy atom. The molecule has 1 nitrogen and oxygen atoms in total. The Balaban J connectivity index is 2.23. The predicted molar refractivity (Wildman–Crippen MR) is 67.9 cm³/mol. The van der Waals surface area contributed by atoms with Crippen LogP contribution in [0.2, 0.25) is 10.0 Å². The third kappa shape index (κ3) is 2.09. The SMILES string of the molecule is CC(C)C1CC(O)(c2cc(Cl)ccc2Cl)C1. The lowest BCUT2D eigenvalue weighted by Gasteiger charge is -2.46. The molecule has 0 aromatic heterocycles. The van der Waals surface area contributed by atoms with Crippen molar-refractivity contribution in [1.82, 2.24) is 0 Å². The van der Waals surface area contributed by atoms with Crippen LogP contribution in [0.5, 0.6) is 0 Å². The number of hydrogen-bond acceptors (Lipinski definition) is 1. The average molecular weight is 259 g/mol. The Morgan fingerprint density at radius 1 is 1.31 bits per heavy atom. The van der Waals surface area contributed by atoms with Crippen molar-refractivity contribution in [3.05, 3.63) is 33.8 Å². The van der Waals surface area contributed by atoms with Gasteiger partial charge in [0.1, 0.15) is 0 Å². The summed E-state index contributed by atoms with van der Waals surface area (Å²) in [5.41, 5.74) is 0.00951. The lowest BCUT2D eigenvalue weighted by Crippen LogP contribution is -2.43. The van der Waals surface area contributed by atoms with Crippen LogP contribution in [0.25, 0.3) is 0 Å². The van der Waals surface area contributed by atoms with E-state index in [2.05, 4.69) is 13.8 Å². The van der Waals surface area contributed by atoms with E-state index in [0.717, 1.165) is 18.4 Å². The van der Waals surface area contributed by atoms with Gasteiger partial charge in [-0.1, -0.05) is 37.0 Å². The van der Waals surface area contributed by atoms with E-state index in [1.54, 1.807) is 18.2 Å². The smallest absolute Gasteiger partial charge is 0.0916 e. The van der Waals surface area contributed by atoms with Crippen LogP contribution < -0.4 is 0 Å². The minimum absolute atomic E-state index is 0.583. The molecule has 1 N–H and O–H groups in total. The fraction of sp³-hybridized carbons (Fsp3) is 0.538. The summed E-state index contributed by atoms with van der Waals surface area (Å²) in [5.74, 6) is 1.19. The van der Waals surface area contributed by atoms with Crippen molar-refractivity contribution >= 4 is 23.2 Å². The lowest BCUT2D eigenvalue weighted by molar-refractivity contribution is -0.0932. The zero-order valence-electron chi connectivity index (χ0n) is 9.50. The van der Waals surface area contributed by atoms with Crippen LogP contribution in [0.15, 0.2) is 18.2 Å². The molecule has 1 saturated carbocycles. The monoisotopic (exact) mass is 258 g/mol.